The van der Waals surface area contributed by atoms with Gasteiger partial charge >= 0.3 is 0 Å². The zero-order valence-electron chi connectivity index (χ0n) is 11.1. The second kappa shape index (κ2) is 7.07. The van der Waals surface area contributed by atoms with Crippen molar-refractivity contribution in [1.29, 1.82) is 0 Å². The highest BCUT2D eigenvalue weighted by Crippen LogP contribution is 2.28. The Hall–Kier alpha value is -1.10. The fraction of sp³-hybridized carbons (Fsp3) is 0.357. The van der Waals surface area contributed by atoms with Crippen LogP contribution in [0, 0.1) is 5.82 Å². The average Bonchev–Trinajstić information content (AvgIpc) is 2.92. The van der Waals surface area contributed by atoms with Crippen molar-refractivity contribution in [2.45, 2.75) is 25.8 Å². The van der Waals surface area contributed by atoms with Crippen molar-refractivity contribution in [2.24, 2.45) is 0 Å². The third-order valence-electron chi connectivity index (χ3n) is 3.10. The van der Waals surface area contributed by atoms with Gasteiger partial charge in [-0.3, -0.25) is 0 Å². The summed E-state index contributed by atoms with van der Waals surface area (Å²) >= 11 is 11.8. The van der Waals surface area contributed by atoms with E-state index in [4.69, 9.17) is 23.2 Å². The fourth-order valence-electron chi connectivity index (χ4n) is 1.99. The van der Waals surface area contributed by atoms with E-state index in [1.54, 1.807) is 6.20 Å². The van der Waals surface area contributed by atoms with Gasteiger partial charge in [0.2, 0.25) is 0 Å². The highest BCUT2D eigenvalue weighted by molar-refractivity contribution is 6.35. The van der Waals surface area contributed by atoms with E-state index in [-0.39, 0.29) is 11.1 Å². The van der Waals surface area contributed by atoms with Crippen molar-refractivity contribution in [2.75, 3.05) is 6.54 Å². The molecule has 0 saturated heterocycles. The monoisotopic (exact) mass is 315 g/mol. The molecule has 20 heavy (non-hydrogen) atoms. The Balaban J connectivity index is 1.85. The molecule has 2 aromatic rings. The normalized spacial score (nSPS) is 12.6. The summed E-state index contributed by atoms with van der Waals surface area (Å²) in [5.74, 6) is 0.519. The molecule has 3 nitrogen and oxygen atoms in total. The summed E-state index contributed by atoms with van der Waals surface area (Å²) in [6.45, 7) is 2.74. The molecular weight excluding hydrogens is 300 g/mol. The van der Waals surface area contributed by atoms with Gasteiger partial charge < -0.3 is 10.3 Å². The Morgan fingerprint density at radius 2 is 2.15 bits per heavy atom. The number of aromatic amines is 1. The molecule has 0 aliphatic heterocycles. The van der Waals surface area contributed by atoms with Gasteiger partial charge in [0.25, 0.3) is 0 Å². The molecule has 0 fully saturated rings. The minimum Gasteiger partial charge on any atom is -0.349 e. The highest BCUT2D eigenvalue weighted by atomic mass is 35.5. The Bertz CT molecular complexity index is 558. The summed E-state index contributed by atoms with van der Waals surface area (Å²) in [7, 11) is 0. The quantitative estimate of drug-likeness (QED) is 0.621. The Labute approximate surface area is 127 Å². The van der Waals surface area contributed by atoms with E-state index in [1.807, 2.05) is 13.1 Å². The number of nitrogens with zero attached hydrogens (tertiary/aromatic N) is 1. The predicted octanol–water partition coefficient (Wildman–Crippen LogP) is 4.14. The molecule has 6 heteroatoms. The molecule has 108 valence electrons. The maximum atomic E-state index is 13.5. The summed E-state index contributed by atoms with van der Waals surface area (Å²) in [6.07, 6.45) is 5.35. The molecule has 2 N–H and O–H groups in total. The van der Waals surface area contributed by atoms with Crippen LogP contribution in [0.25, 0.3) is 0 Å². The van der Waals surface area contributed by atoms with Crippen molar-refractivity contribution in [3.63, 3.8) is 0 Å². The smallest absolute Gasteiger partial charge is 0.142 e. The zero-order valence-corrected chi connectivity index (χ0v) is 12.6. The Morgan fingerprint density at radius 1 is 1.35 bits per heavy atom. The molecule has 1 aromatic heterocycles. The van der Waals surface area contributed by atoms with Crippen LogP contribution in [0.5, 0.6) is 0 Å². The van der Waals surface area contributed by atoms with Crippen LogP contribution in [-0.2, 0) is 6.42 Å². The van der Waals surface area contributed by atoms with Gasteiger partial charge in [0.05, 0.1) is 5.02 Å². The van der Waals surface area contributed by atoms with Gasteiger partial charge in [0.15, 0.2) is 0 Å². The zero-order chi connectivity index (χ0) is 14.5. The molecular formula is C14H16Cl2FN3. The molecule has 1 atom stereocenters. The lowest BCUT2D eigenvalue weighted by atomic mass is 10.1. The van der Waals surface area contributed by atoms with Crippen LogP contribution < -0.4 is 5.32 Å². The molecule has 0 bridgehead atoms. The number of benzene rings is 1. The minimum atomic E-state index is -0.449. The number of H-pyrrole nitrogens is 1. The molecule has 0 aliphatic carbocycles. The number of imidazole rings is 1. The van der Waals surface area contributed by atoms with E-state index in [1.165, 1.54) is 12.1 Å². The summed E-state index contributed by atoms with van der Waals surface area (Å²) < 4.78 is 13.5. The lowest BCUT2D eigenvalue weighted by Crippen LogP contribution is -2.21. The number of halogens is 3. The molecule has 0 radical (unpaired) electrons. The van der Waals surface area contributed by atoms with Crippen molar-refractivity contribution >= 4 is 23.2 Å². The summed E-state index contributed by atoms with van der Waals surface area (Å²) in [5.41, 5.74) is 0.714. The van der Waals surface area contributed by atoms with E-state index in [0.29, 0.717) is 10.6 Å². The lowest BCUT2D eigenvalue weighted by molar-refractivity contribution is 0.549. The van der Waals surface area contributed by atoms with E-state index in [0.717, 1.165) is 25.2 Å². The van der Waals surface area contributed by atoms with Crippen molar-refractivity contribution in [3.05, 3.63) is 51.8 Å². The van der Waals surface area contributed by atoms with Crippen LogP contribution in [0.2, 0.25) is 10.0 Å². The first-order chi connectivity index (χ1) is 9.58. The lowest BCUT2D eigenvalue weighted by Gasteiger charge is -2.16. The highest BCUT2D eigenvalue weighted by Gasteiger charge is 2.12. The Morgan fingerprint density at radius 3 is 2.85 bits per heavy atom. The standard InChI is InChI=1S/C14H16Cl2FN3/c1-9(10-7-13(17)12(16)8-11(10)15)18-4-2-3-14-19-5-6-20-14/h5-9,18H,2-4H2,1H3,(H,19,20). The number of hydrogen-bond acceptors (Lipinski definition) is 2. The summed E-state index contributed by atoms with van der Waals surface area (Å²) in [5, 5.41) is 3.83. The van der Waals surface area contributed by atoms with Gasteiger partial charge in [0, 0.05) is 29.9 Å². The number of hydrogen-bond donors (Lipinski definition) is 2. The second-order valence-electron chi connectivity index (χ2n) is 4.60. The van der Waals surface area contributed by atoms with Crippen LogP contribution in [0.4, 0.5) is 4.39 Å². The van der Waals surface area contributed by atoms with E-state index in [2.05, 4.69) is 15.3 Å². The van der Waals surface area contributed by atoms with Crippen molar-refractivity contribution in [1.82, 2.24) is 15.3 Å². The third kappa shape index (κ3) is 3.95. The van der Waals surface area contributed by atoms with Crippen LogP contribution in [0.15, 0.2) is 24.5 Å². The van der Waals surface area contributed by atoms with Gasteiger partial charge in [-0.2, -0.15) is 0 Å². The van der Waals surface area contributed by atoms with Gasteiger partial charge in [-0.25, -0.2) is 9.37 Å². The molecule has 1 heterocycles. The van der Waals surface area contributed by atoms with Gasteiger partial charge in [-0.15, -0.1) is 0 Å². The average molecular weight is 316 g/mol. The summed E-state index contributed by atoms with van der Waals surface area (Å²) in [4.78, 5) is 7.21. The second-order valence-corrected chi connectivity index (χ2v) is 5.42. The molecule has 0 aliphatic rings. The maximum Gasteiger partial charge on any atom is 0.142 e. The maximum absolute atomic E-state index is 13.5. The topological polar surface area (TPSA) is 40.7 Å². The fourth-order valence-corrected chi connectivity index (χ4v) is 2.54. The van der Waals surface area contributed by atoms with E-state index < -0.39 is 5.82 Å². The molecule has 1 aromatic carbocycles. The van der Waals surface area contributed by atoms with Gasteiger partial charge in [0.1, 0.15) is 11.6 Å². The van der Waals surface area contributed by atoms with Crippen molar-refractivity contribution < 1.29 is 4.39 Å². The Kier molecular flexibility index (Phi) is 5.40. The number of aryl methyl sites for hydroxylation is 1. The first kappa shape index (κ1) is 15.3. The molecule has 0 saturated carbocycles. The number of aromatic nitrogens is 2. The van der Waals surface area contributed by atoms with Crippen LogP contribution in [0.3, 0.4) is 0 Å². The molecule has 1 unspecified atom stereocenters. The number of rotatable bonds is 6. The number of nitrogens with one attached hydrogen (secondary N) is 2. The largest absolute Gasteiger partial charge is 0.349 e. The third-order valence-corrected chi connectivity index (χ3v) is 3.72. The first-order valence-electron chi connectivity index (χ1n) is 6.44. The molecule has 0 amide bonds. The summed E-state index contributed by atoms with van der Waals surface area (Å²) in [6, 6.07) is 2.79. The van der Waals surface area contributed by atoms with E-state index >= 15 is 0 Å². The predicted molar refractivity (Wildman–Crippen MR) is 79.7 cm³/mol. The van der Waals surface area contributed by atoms with Crippen LogP contribution >= 0.6 is 23.2 Å². The molecule has 0 spiro atoms. The van der Waals surface area contributed by atoms with E-state index in [9.17, 15) is 4.39 Å². The van der Waals surface area contributed by atoms with Crippen LogP contribution in [0.1, 0.15) is 30.8 Å². The van der Waals surface area contributed by atoms with Crippen molar-refractivity contribution in [3.8, 4) is 0 Å². The first-order valence-corrected chi connectivity index (χ1v) is 7.19. The molecule has 2 rings (SSSR count). The van der Waals surface area contributed by atoms with Gasteiger partial charge in [-0.1, -0.05) is 23.2 Å². The minimum absolute atomic E-state index is 0.0362. The SMILES string of the molecule is CC(NCCCc1ncc[nH]1)c1cc(F)c(Cl)cc1Cl. The van der Waals surface area contributed by atoms with Gasteiger partial charge in [-0.05, 0) is 37.6 Å². The van der Waals surface area contributed by atoms with Crippen LogP contribution in [-0.4, -0.2) is 16.5 Å².